The van der Waals surface area contributed by atoms with Crippen molar-refractivity contribution in [2.24, 2.45) is 0 Å². The number of para-hydroxylation sites is 2. The van der Waals surface area contributed by atoms with Crippen molar-refractivity contribution >= 4 is 10.0 Å². The van der Waals surface area contributed by atoms with Gasteiger partial charge in [-0.2, -0.15) is 0 Å². The first kappa shape index (κ1) is 16.3. The molecule has 0 saturated heterocycles. The number of nitrogens with one attached hydrogen (secondary N) is 1. The lowest BCUT2D eigenvalue weighted by atomic mass is 10.3. The molecule has 0 saturated carbocycles. The van der Waals surface area contributed by atoms with E-state index in [2.05, 4.69) is 16.6 Å². The highest BCUT2D eigenvalue weighted by Crippen LogP contribution is 2.25. The fraction of sp³-hybridized carbons (Fsp3) is 0.429. The number of ether oxygens (including phenoxy) is 2. The third kappa shape index (κ3) is 5.95. The van der Waals surface area contributed by atoms with Crippen molar-refractivity contribution in [1.82, 2.24) is 4.72 Å². The second-order valence-electron chi connectivity index (χ2n) is 3.93. The maximum atomic E-state index is 11.3. The predicted octanol–water partition coefficient (Wildman–Crippen LogP) is 1.41. The molecule has 0 atom stereocenters. The number of benzene rings is 1. The third-order valence-corrected chi connectivity index (χ3v) is 3.88. The van der Waals surface area contributed by atoms with E-state index in [0.717, 1.165) is 0 Å². The Labute approximate surface area is 120 Å². The van der Waals surface area contributed by atoms with Crippen LogP contribution in [0.3, 0.4) is 0 Å². The predicted molar refractivity (Wildman–Crippen MR) is 78.3 cm³/mol. The van der Waals surface area contributed by atoms with Gasteiger partial charge in [0.25, 0.3) is 0 Å². The van der Waals surface area contributed by atoms with E-state index in [1.807, 2.05) is 19.1 Å². The Morgan fingerprint density at radius 3 is 2.55 bits per heavy atom. The van der Waals surface area contributed by atoms with Crippen molar-refractivity contribution in [3.05, 3.63) is 24.3 Å². The molecular formula is C14H19NO4S. The van der Waals surface area contributed by atoms with Crippen LogP contribution in [0.15, 0.2) is 24.3 Å². The van der Waals surface area contributed by atoms with Gasteiger partial charge in [0.05, 0.1) is 19.4 Å². The zero-order chi connectivity index (χ0) is 14.8. The number of hydrogen-bond acceptors (Lipinski definition) is 4. The first-order valence-electron chi connectivity index (χ1n) is 6.28. The number of methoxy groups -OCH3 is 1. The van der Waals surface area contributed by atoms with Gasteiger partial charge in [-0.1, -0.05) is 30.9 Å². The summed E-state index contributed by atoms with van der Waals surface area (Å²) in [5, 5.41) is 0. The summed E-state index contributed by atoms with van der Waals surface area (Å²) in [5.41, 5.74) is 0. The lowest BCUT2D eigenvalue weighted by molar-refractivity contribution is 0.331. The first-order valence-corrected chi connectivity index (χ1v) is 7.93. The SMILES string of the molecule is CCCS(=O)(=O)NCC#CCOc1ccccc1OC. The summed E-state index contributed by atoms with van der Waals surface area (Å²) in [6.07, 6.45) is 0.583. The summed E-state index contributed by atoms with van der Waals surface area (Å²) in [6, 6.07) is 7.26. The quantitative estimate of drug-likeness (QED) is 0.773. The van der Waals surface area contributed by atoms with Gasteiger partial charge in [0, 0.05) is 0 Å². The molecule has 1 rings (SSSR count). The molecule has 0 spiro atoms. The van der Waals surface area contributed by atoms with Crippen LogP contribution in [0, 0.1) is 11.8 Å². The van der Waals surface area contributed by atoms with Gasteiger partial charge in [-0.05, 0) is 18.6 Å². The Morgan fingerprint density at radius 2 is 1.90 bits per heavy atom. The average Bonchev–Trinajstić information content (AvgIpc) is 2.43. The molecule has 0 unspecified atom stereocenters. The van der Waals surface area contributed by atoms with Crippen molar-refractivity contribution in [1.29, 1.82) is 0 Å². The molecule has 110 valence electrons. The van der Waals surface area contributed by atoms with Crippen molar-refractivity contribution < 1.29 is 17.9 Å². The number of hydrogen-bond donors (Lipinski definition) is 1. The van der Waals surface area contributed by atoms with Gasteiger partial charge in [0.2, 0.25) is 10.0 Å². The van der Waals surface area contributed by atoms with Gasteiger partial charge in [-0.3, -0.25) is 0 Å². The summed E-state index contributed by atoms with van der Waals surface area (Å²) in [5.74, 6) is 6.81. The summed E-state index contributed by atoms with van der Waals surface area (Å²) in [6.45, 7) is 2.08. The van der Waals surface area contributed by atoms with E-state index in [-0.39, 0.29) is 18.9 Å². The van der Waals surface area contributed by atoms with Crippen LogP contribution in [0.2, 0.25) is 0 Å². The summed E-state index contributed by atoms with van der Waals surface area (Å²) in [7, 11) is -1.63. The van der Waals surface area contributed by atoms with Crippen LogP contribution in [0.4, 0.5) is 0 Å². The normalized spacial score (nSPS) is 10.5. The van der Waals surface area contributed by atoms with Crippen molar-refractivity contribution in [2.75, 3.05) is 26.0 Å². The van der Waals surface area contributed by atoms with Gasteiger partial charge >= 0.3 is 0 Å². The monoisotopic (exact) mass is 297 g/mol. The fourth-order valence-electron chi connectivity index (χ4n) is 1.45. The third-order valence-electron chi connectivity index (χ3n) is 2.35. The van der Waals surface area contributed by atoms with Crippen LogP contribution in [-0.4, -0.2) is 34.4 Å². The topological polar surface area (TPSA) is 64.6 Å². The van der Waals surface area contributed by atoms with Crippen LogP contribution >= 0.6 is 0 Å². The van der Waals surface area contributed by atoms with Crippen LogP contribution in [0.1, 0.15) is 13.3 Å². The van der Waals surface area contributed by atoms with Crippen LogP contribution in [-0.2, 0) is 10.0 Å². The summed E-state index contributed by atoms with van der Waals surface area (Å²) >= 11 is 0. The highest BCUT2D eigenvalue weighted by atomic mass is 32.2. The Kier molecular flexibility index (Phi) is 6.91. The van der Waals surface area contributed by atoms with Crippen molar-refractivity contribution in [2.45, 2.75) is 13.3 Å². The molecule has 0 radical (unpaired) electrons. The van der Waals surface area contributed by atoms with Gasteiger partial charge < -0.3 is 9.47 Å². The van der Waals surface area contributed by atoms with E-state index in [1.165, 1.54) is 0 Å². The zero-order valence-electron chi connectivity index (χ0n) is 11.7. The first-order chi connectivity index (χ1) is 9.59. The molecule has 20 heavy (non-hydrogen) atoms. The molecule has 0 aliphatic carbocycles. The largest absolute Gasteiger partial charge is 0.493 e. The minimum atomic E-state index is -3.19. The average molecular weight is 297 g/mol. The molecule has 0 amide bonds. The smallest absolute Gasteiger partial charge is 0.212 e. The Hall–Kier alpha value is -1.71. The second kappa shape index (κ2) is 8.46. The van der Waals surface area contributed by atoms with E-state index < -0.39 is 10.0 Å². The summed E-state index contributed by atoms with van der Waals surface area (Å²) < 4.78 is 35.6. The maximum Gasteiger partial charge on any atom is 0.212 e. The van der Waals surface area contributed by atoms with E-state index in [4.69, 9.17) is 9.47 Å². The molecule has 0 aromatic heterocycles. The van der Waals surface area contributed by atoms with Crippen LogP contribution in [0.5, 0.6) is 11.5 Å². The molecule has 0 aliphatic heterocycles. The molecule has 1 aromatic carbocycles. The minimum Gasteiger partial charge on any atom is -0.493 e. The van der Waals surface area contributed by atoms with E-state index in [9.17, 15) is 8.42 Å². The molecule has 0 fully saturated rings. The molecule has 1 N–H and O–H groups in total. The van der Waals surface area contributed by atoms with Gasteiger partial charge in [-0.15, -0.1) is 0 Å². The highest BCUT2D eigenvalue weighted by Gasteiger charge is 2.05. The molecule has 0 aliphatic rings. The highest BCUT2D eigenvalue weighted by molar-refractivity contribution is 7.89. The van der Waals surface area contributed by atoms with Gasteiger partial charge in [0.15, 0.2) is 11.5 Å². The van der Waals surface area contributed by atoms with Gasteiger partial charge in [0.1, 0.15) is 6.61 Å². The molecule has 1 aromatic rings. The maximum absolute atomic E-state index is 11.3. The Balaban J connectivity index is 2.37. The van der Waals surface area contributed by atoms with Crippen molar-refractivity contribution in [3.8, 4) is 23.3 Å². The summed E-state index contributed by atoms with van der Waals surface area (Å²) in [4.78, 5) is 0. The van der Waals surface area contributed by atoms with E-state index >= 15 is 0 Å². The lowest BCUT2D eigenvalue weighted by Gasteiger charge is -2.07. The van der Waals surface area contributed by atoms with Crippen LogP contribution < -0.4 is 14.2 Å². The fourth-order valence-corrected chi connectivity index (χ4v) is 2.43. The molecule has 0 bridgehead atoms. The van der Waals surface area contributed by atoms with Crippen LogP contribution in [0.25, 0.3) is 0 Å². The Bertz CT molecular complexity index is 572. The molecule has 5 nitrogen and oxygen atoms in total. The lowest BCUT2D eigenvalue weighted by Crippen LogP contribution is -2.26. The molecular weight excluding hydrogens is 278 g/mol. The number of rotatable bonds is 7. The molecule has 0 heterocycles. The second-order valence-corrected chi connectivity index (χ2v) is 5.86. The van der Waals surface area contributed by atoms with E-state index in [0.29, 0.717) is 17.9 Å². The molecule has 6 heteroatoms. The van der Waals surface area contributed by atoms with Gasteiger partial charge in [-0.25, -0.2) is 13.1 Å². The van der Waals surface area contributed by atoms with Crippen molar-refractivity contribution in [3.63, 3.8) is 0 Å². The number of sulfonamides is 1. The Morgan fingerprint density at radius 1 is 1.20 bits per heavy atom. The zero-order valence-corrected chi connectivity index (χ0v) is 12.5. The standard InChI is InChI=1S/C14H19NO4S/c1-3-12-20(16,17)15-10-6-7-11-19-14-9-5-4-8-13(14)18-2/h4-5,8-9,15H,3,10-12H2,1-2H3. The van der Waals surface area contributed by atoms with E-state index in [1.54, 1.807) is 19.2 Å². The minimum absolute atomic E-state index is 0.0949.